The molecule has 0 saturated carbocycles. The Balaban J connectivity index is 2.87. The Bertz CT molecular complexity index is 444. The summed E-state index contributed by atoms with van der Waals surface area (Å²) in [6, 6.07) is 4.31. The molecule has 0 spiro atoms. The van der Waals surface area contributed by atoms with Crippen LogP contribution in [0.4, 0.5) is 0 Å². The van der Waals surface area contributed by atoms with E-state index in [2.05, 4.69) is 0 Å². The van der Waals surface area contributed by atoms with Gasteiger partial charge in [-0.3, -0.25) is 0 Å². The average Bonchev–Trinajstić information content (AvgIpc) is 2.18. The van der Waals surface area contributed by atoms with Gasteiger partial charge >= 0.3 is 0 Å². The Hall–Kier alpha value is -0.0600. The standard InChI is InChI=1S/C10H7Cl5O3/c11-5-1-2-7(6(12)3-5)18-8(9(16)17)4-10(13,14)15/h1-3,8H,4H2,(H,16,17)/p-1. The molecule has 0 saturated heterocycles. The molecule has 1 atom stereocenters. The van der Waals surface area contributed by atoms with Gasteiger partial charge in [0.05, 0.1) is 11.0 Å². The van der Waals surface area contributed by atoms with Crippen LogP contribution < -0.4 is 9.84 Å². The molecule has 0 aliphatic rings. The highest BCUT2D eigenvalue weighted by Gasteiger charge is 2.28. The second-order valence-corrected chi connectivity index (χ2v) is 6.68. The number of hydrogen-bond donors (Lipinski definition) is 0. The van der Waals surface area contributed by atoms with Gasteiger partial charge in [0.15, 0.2) is 3.79 Å². The van der Waals surface area contributed by atoms with Crippen LogP contribution in [0.3, 0.4) is 0 Å². The van der Waals surface area contributed by atoms with E-state index in [4.69, 9.17) is 62.7 Å². The predicted octanol–water partition coefficient (Wildman–Crippen LogP) is 3.25. The first-order valence-corrected chi connectivity index (χ1v) is 6.47. The molecule has 0 N–H and O–H groups in total. The molecule has 0 aromatic heterocycles. The first kappa shape index (κ1) is 16.0. The highest BCUT2D eigenvalue weighted by atomic mass is 35.6. The average molecular weight is 351 g/mol. The van der Waals surface area contributed by atoms with E-state index >= 15 is 0 Å². The summed E-state index contributed by atoms with van der Waals surface area (Å²) in [6.45, 7) is 0. The predicted molar refractivity (Wildman–Crippen MR) is 70.8 cm³/mol. The van der Waals surface area contributed by atoms with Gasteiger partial charge in [0.25, 0.3) is 0 Å². The molecule has 0 heterocycles. The van der Waals surface area contributed by atoms with Crippen molar-refractivity contribution in [2.75, 3.05) is 0 Å². The lowest BCUT2D eigenvalue weighted by Crippen LogP contribution is -2.41. The lowest BCUT2D eigenvalue weighted by atomic mass is 10.2. The van der Waals surface area contributed by atoms with Crippen LogP contribution in [0.25, 0.3) is 0 Å². The van der Waals surface area contributed by atoms with Gasteiger partial charge in [0.2, 0.25) is 0 Å². The molecule has 1 aromatic carbocycles. The van der Waals surface area contributed by atoms with Gasteiger partial charge in [0.1, 0.15) is 11.9 Å². The SMILES string of the molecule is O=C([O-])C(CC(Cl)(Cl)Cl)Oc1ccc(Cl)cc1Cl. The highest BCUT2D eigenvalue weighted by Crippen LogP contribution is 2.34. The number of halogens is 5. The zero-order chi connectivity index (χ0) is 13.9. The third kappa shape index (κ3) is 5.29. The number of aliphatic carboxylic acids is 1. The third-order valence-corrected chi connectivity index (χ3v) is 2.84. The van der Waals surface area contributed by atoms with Crippen LogP contribution in [0.2, 0.25) is 10.0 Å². The van der Waals surface area contributed by atoms with E-state index in [0.29, 0.717) is 5.02 Å². The first-order chi connectivity index (χ1) is 8.19. The number of alkyl halides is 3. The molecule has 1 aromatic rings. The van der Waals surface area contributed by atoms with E-state index in [9.17, 15) is 9.90 Å². The fraction of sp³-hybridized carbons (Fsp3) is 0.300. The van der Waals surface area contributed by atoms with E-state index in [1.54, 1.807) is 0 Å². The Morgan fingerprint density at radius 3 is 2.39 bits per heavy atom. The van der Waals surface area contributed by atoms with E-state index in [1.165, 1.54) is 18.2 Å². The summed E-state index contributed by atoms with van der Waals surface area (Å²) < 4.78 is 3.36. The minimum absolute atomic E-state index is 0.115. The molecule has 1 rings (SSSR count). The number of carbonyl (C=O) groups is 1. The zero-order valence-electron chi connectivity index (χ0n) is 8.63. The minimum atomic E-state index is -1.77. The first-order valence-electron chi connectivity index (χ1n) is 4.58. The van der Waals surface area contributed by atoms with Crippen molar-refractivity contribution >= 4 is 64.0 Å². The summed E-state index contributed by atoms with van der Waals surface area (Å²) in [6.07, 6.45) is -1.81. The molecule has 1 unspecified atom stereocenters. The van der Waals surface area contributed by atoms with Crippen LogP contribution in [0, 0.1) is 0 Å². The monoisotopic (exact) mass is 349 g/mol. The Kier molecular flexibility index (Phi) is 5.68. The summed E-state index contributed by atoms with van der Waals surface area (Å²) in [4.78, 5) is 10.9. The van der Waals surface area contributed by atoms with Gasteiger partial charge in [-0.25, -0.2) is 0 Å². The lowest BCUT2D eigenvalue weighted by Gasteiger charge is -2.23. The second-order valence-electron chi connectivity index (χ2n) is 3.32. The summed E-state index contributed by atoms with van der Waals surface area (Å²) in [5, 5.41) is 11.4. The van der Waals surface area contributed by atoms with E-state index in [0.717, 1.165) is 0 Å². The van der Waals surface area contributed by atoms with Gasteiger partial charge in [-0.1, -0.05) is 58.0 Å². The molecule has 0 aliphatic carbocycles. The number of ether oxygens (including phenoxy) is 1. The van der Waals surface area contributed by atoms with E-state index in [1.807, 2.05) is 0 Å². The van der Waals surface area contributed by atoms with Crippen molar-refractivity contribution in [3.8, 4) is 5.75 Å². The quantitative estimate of drug-likeness (QED) is 0.783. The number of carboxylic acids is 1. The number of benzene rings is 1. The largest absolute Gasteiger partial charge is 0.546 e. The Morgan fingerprint density at radius 2 is 1.94 bits per heavy atom. The van der Waals surface area contributed by atoms with Crippen molar-refractivity contribution in [1.82, 2.24) is 0 Å². The fourth-order valence-electron chi connectivity index (χ4n) is 1.11. The normalized spacial score (nSPS) is 13.2. The number of carboxylic acid groups (broad SMARTS) is 1. The number of carbonyl (C=O) groups excluding carboxylic acids is 1. The molecule has 18 heavy (non-hydrogen) atoms. The summed E-state index contributed by atoms with van der Waals surface area (Å²) >= 11 is 28.0. The molecule has 8 heteroatoms. The van der Waals surface area contributed by atoms with Crippen molar-refractivity contribution in [2.24, 2.45) is 0 Å². The maximum atomic E-state index is 10.9. The van der Waals surface area contributed by atoms with Crippen molar-refractivity contribution in [2.45, 2.75) is 16.3 Å². The van der Waals surface area contributed by atoms with Gasteiger partial charge in [-0.05, 0) is 18.2 Å². The van der Waals surface area contributed by atoms with Crippen molar-refractivity contribution in [3.05, 3.63) is 28.2 Å². The smallest absolute Gasteiger partial charge is 0.194 e. The summed E-state index contributed by atoms with van der Waals surface area (Å²) in [5.41, 5.74) is 0. The van der Waals surface area contributed by atoms with Gasteiger partial charge in [0, 0.05) is 11.4 Å². The molecule has 100 valence electrons. The molecule has 0 radical (unpaired) electrons. The zero-order valence-corrected chi connectivity index (χ0v) is 12.4. The molecule has 0 bridgehead atoms. The van der Waals surface area contributed by atoms with Crippen molar-refractivity contribution in [1.29, 1.82) is 0 Å². The fourth-order valence-corrected chi connectivity index (χ4v) is 1.98. The Morgan fingerprint density at radius 1 is 1.33 bits per heavy atom. The molecule has 3 nitrogen and oxygen atoms in total. The summed E-state index contributed by atoms with van der Waals surface area (Å²) in [7, 11) is 0. The van der Waals surface area contributed by atoms with Crippen LogP contribution in [-0.4, -0.2) is 15.9 Å². The van der Waals surface area contributed by atoms with Crippen LogP contribution in [0.1, 0.15) is 6.42 Å². The Labute approximate surface area is 128 Å². The maximum absolute atomic E-state index is 10.9. The molecule has 0 aliphatic heterocycles. The minimum Gasteiger partial charge on any atom is -0.546 e. The maximum Gasteiger partial charge on any atom is 0.194 e. The second kappa shape index (κ2) is 6.40. The third-order valence-electron chi connectivity index (χ3n) is 1.84. The van der Waals surface area contributed by atoms with E-state index < -0.39 is 15.9 Å². The molecule has 0 amide bonds. The van der Waals surface area contributed by atoms with Crippen molar-refractivity contribution < 1.29 is 14.6 Å². The van der Waals surface area contributed by atoms with Crippen LogP contribution in [0.5, 0.6) is 5.75 Å². The molecule has 0 fully saturated rings. The van der Waals surface area contributed by atoms with Gasteiger partial charge < -0.3 is 14.6 Å². The van der Waals surface area contributed by atoms with Gasteiger partial charge in [-0.2, -0.15) is 0 Å². The molecular formula is C10H6Cl5O3-. The summed E-state index contributed by atoms with van der Waals surface area (Å²) in [5.74, 6) is -1.39. The number of rotatable bonds is 4. The number of hydrogen-bond acceptors (Lipinski definition) is 3. The molecular weight excluding hydrogens is 345 g/mol. The van der Waals surface area contributed by atoms with E-state index in [-0.39, 0.29) is 17.2 Å². The lowest BCUT2D eigenvalue weighted by molar-refractivity contribution is -0.313. The van der Waals surface area contributed by atoms with Crippen LogP contribution in [-0.2, 0) is 4.79 Å². The van der Waals surface area contributed by atoms with Gasteiger partial charge in [-0.15, -0.1) is 0 Å². The van der Waals surface area contributed by atoms with Crippen LogP contribution >= 0.6 is 58.0 Å². The highest BCUT2D eigenvalue weighted by molar-refractivity contribution is 6.67. The topological polar surface area (TPSA) is 49.4 Å². The van der Waals surface area contributed by atoms with Crippen LogP contribution in [0.15, 0.2) is 18.2 Å². The van der Waals surface area contributed by atoms with Crippen molar-refractivity contribution in [3.63, 3.8) is 0 Å².